The predicted molar refractivity (Wildman–Crippen MR) is 86.5 cm³/mol. The van der Waals surface area contributed by atoms with Gasteiger partial charge in [0.15, 0.2) is 6.61 Å². The van der Waals surface area contributed by atoms with Crippen molar-refractivity contribution in [1.82, 2.24) is 9.80 Å². The van der Waals surface area contributed by atoms with Gasteiger partial charge in [0.2, 0.25) is 0 Å². The number of hydrogen-bond donors (Lipinski definition) is 1. The number of carbonyl (C=O) groups is 1. The third kappa shape index (κ3) is 4.69. The molecule has 0 aromatic heterocycles. The van der Waals surface area contributed by atoms with E-state index in [1.165, 1.54) is 0 Å². The zero-order chi connectivity index (χ0) is 15.2. The fourth-order valence-electron chi connectivity index (χ4n) is 2.28. The number of nitrogens with two attached hydrogens (primary N) is 1. The second-order valence-corrected chi connectivity index (χ2v) is 6.12. The van der Waals surface area contributed by atoms with Crippen LogP contribution in [0.2, 0.25) is 0 Å². The van der Waals surface area contributed by atoms with Gasteiger partial charge in [-0.25, -0.2) is 0 Å². The molecule has 1 saturated heterocycles. The normalized spacial score (nSPS) is 16.0. The first-order valence-electron chi connectivity index (χ1n) is 7.18. The van der Waals surface area contributed by atoms with Gasteiger partial charge in [0.25, 0.3) is 5.91 Å². The molecular formula is C15H22BrN3O2. The average molecular weight is 356 g/mol. The van der Waals surface area contributed by atoms with Crippen molar-refractivity contribution in [2.24, 2.45) is 5.73 Å². The minimum absolute atomic E-state index is 0.0476. The van der Waals surface area contributed by atoms with Crippen LogP contribution in [-0.2, 0) is 11.2 Å². The monoisotopic (exact) mass is 355 g/mol. The number of rotatable bonds is 5. The smallest absolute Gasteiger partial charge is 0.260 e. The fourth-order valence-corrected chi connectivity index (χ4v) is 2.73. The number of benzene rings is 1. The minimum Gasteiger partial charge on any atom is -0.484 e. The van der Waals surface area contributed by atoms with Gasteiger partial charge >= 0.3 is 0 Å². The van der Waals surface area contributed by atoms with Gasteiger partial charge in [0, 0.05) is 30.7 Å². The summed E-state index contributed by atoms with van der Waals surface area (Å²) in [6.07, 6.45) is 0.782. The number of amides is 1. The van der Waals surface area contributed by atoms with Crippen LogP contribution >= 0.6 is 15.9 Å². The van der Waals surface area contributed by atoms with Crippen LogP contribution in [-0.4, -0.2) is 62.1 Å². The van der Waals surface area contributed by atoms with Crippen LogP contribution in [0.25, 0.3) is 0 Å². The third-order valence-corrected chi connectivity index (χ3v) is 4.42. The summed E-state index contributed by atoms with van der Waals surface area (Å²) in [5, 5.41) is 0. The molecule has 0 atom stereocenters. The van der Waals surface area contributed by atoms with E-state index in [1.807, 2.05) is 23.1 Å². The lowest BCUT2D eigenvalue weighted by molar-refractivity contribution is -0.134. The van der Waals surface area contributed by atoms with Crippen molar-refractivity contribution in [3.05, 3.63) is 28.2 Å². The highest BCUT2D eigenvalue weighted by atomic mass is 79.9. The molecule has 2 N–H and O–H groups in total. The van der Waals surface area contributed by atoms with E-state index in [2.05, 4.69) is 27.9 Å². The van der Waals surface area contributed by atoms with Crippen molar-refractivity contribution in [3.63, 3.8) is 0 Å². The summed E-state index contributed by atoms with van der Waals surface area (Å²) in [4.78, 5) is 16.2. The van der Waals surface area contributed by atoms with Crippen molar-refractivity contribution < 1.29 is 9.53 Å². The number of nitrogens with zero attached hydrogens (tertiary/aromatic N) is 2. The Morgan fingerprint density at radius 3 is 2.71 bits per heavy atom. The maximum atomic E-state index is 12.1. The van der Waals surface area contributed by atoms with E-state index < -0.39 is 0 Å². The highest BCUT2D eigenvalue weighted by Gasteiger charge is 2.19. The van der Waals surface area contributed by atoms with Crippen molar-refractivity contribution in [2.45, 2.75) is 6.42 Å². The van der Waals surface area contributed by atoms with Gasteiger partial charge in [-0.2, -0.15) is 0 Å². The van der Waals surface area contributed by atoms with Gasteiger partial charge in [0.05, 0.1) is 0 Å². The summed E-state index contributed by atoms with van der Waals surface area (Å²) >= 11 is 3.49. The Bertz CT molecular complexity index is 488. The molecule has 0 saturated carbocycles. The van der Waals surface area contributed by atoms with E-state index >= 15 is 0 Å². The maximum Gasteiger partial charge on any atom is 0.260 e. The summed E-state index contributed by atoms with van der Waals surface area (Å²) in [6.45, 7) is 4.07. The van der Waals surface area contributed by atoms with Crippen LogP contribution in [0, 0.1) is 0 Å². The second kappa shape index (κ2) is 7.77. The second-order valence-electron chi connectivity index (χ2n) is 5.26. The molecule has 0 aliphatic carbocycles. The Hall–Kier alpha value is -1.11. The Labute approximate surface area is 134 Å². The Balaban J connectivity index is 1.87. The molecule has 0 unspecified atom stereocenters. The summed E-state index contributed by atoms with van der Waals surface area (Å²) < 4.78 is 6.64. The lowest BCUT2D eigenvalue weighted by Crippen LogP contribution is -2.48. The molecule has 1 aliphatic rings. The summed E-state index contributed by atoms with van der Waals surface area (Å²) in [6, 6.07) is 5.73. The number of halogens is 1. The van der Waals surface area contributed by atoms with Crippen molar-refractivity contribution >= 4 is 21.8 Å². The summed E-state index contributed by atoms with van der Waals surface area (Å²) in [5.74, 6) is 0.760. The molecule has 0 bridgehead atoms. The zero-order valence-corrected chi connectivity index (χ0v) is 13.9. The first-order valence-corrected chi connectivity index (χ1v) is 7.97. The van der Waals surface area contributed by atoms with E-state index in [-0.39, 0.29) is 12.5 Å². The average Bonchev–Trinajstić information content (AvgIpc) is 2.48. The molecule has 5 nitrogen and oxygen atoms in total. The molecule has 21 heavy (non-hydrogen) atoms. The van der Waals surface area contributed by atoms with Crippen LogP contribution < -0.4 is 10.5 Å². The SMILES string of the molecule is CN1CCN(C(=O)COc2ccc(Br)c(CCN)c2)CC1. The number of piperazine rings is 1. The highest BCUT2D eigenvalue weighted by molar-refractivity contribution is 9.10. The van der Waals surface area contributed by atoms with Gasteiger partial charge < -0.3 is 20.3 Å². The van der Waals surface area contributed by atoms with E-state index in [0.29, 0.717) is 12.3 Å². The number of hydrogen-bond acceptors (Lipinski definition) is 4. The molecule has 6 heteroatoms. The lowest BCUT2D eigenvalue weighted by Gasteiger charge is -2.32. The van der Waals surface area contributed by atoms with E-state index in [4.69, 9.17) is 10.5 Å². The topological polar surface area (TPSA) is 58.8 Å². The number of likely N-dealkylation sites (N-methyl/N-ethyl adjacent to an activating group) is 1. The highest BCUT2D eigenvalue weighted by Crippen LogP contribution is 2.23. The van der Waals surface area contributed by atoms with Crippen LogP contribution in [0.5, 0.6) is 5.75 Å². The molecule has 0 radical (unpaired) electrons. The quantitative estimate of drug-likeness (QED) is 0.859. The first kappa shape index (κ1) is 16.3. The van der Waals surface area contributed by atoms with Crippen molar-refractivity contribution in [2.75, 3.05) is 46.4 Å². The van der Waals surface area contributed by atoms with Gasteiger partial charge in [-0.1, -0.05) is 15.9 Å². The minimum atomic E-state index is 0.0476. The third-order valence-electron chi connectivity index (χ3n) is 3.65. The van der Waals surface area contributed by atoms with Crippen LogP contribution in [0.1, 0.15) is 5.56 Å². The number of carbonyl (C=O) groups excluding carboxylic acids is 1. The molecule has 1 aromatic carbocycles. The summed E-state index contributed by atoms with van der Waals surface area (Å²) in [5.41, 5.74) is 6.68. The molecule has 0 spiro atoms. The van der Waals surface area contributed by atoms with Crippen LogP contribution in [0.4, 0.5) is 0 Å². The zero-order valence-electron chi connectivity index (χ0n) is 12.3. The van der Waals surface area contributed by atoms with E-state index in [0.717, 1.165) is 42.6 Å². The van der Waals surface area contributed by atoms with Gasteiger partial charge in [0.1, 0.15) is 5.75 Å². The van der Waals surface area contributed by atoms with Crippen LogP contribution in [0.15, 0.2) is 22.7 Å². The van der Waals surface area contributed by atoms with Gasteiger partial charge in [-0.05, 0) is 43.8 Å². The molecule has 116 valence electrons. The molecule has 2 rings (SSSR count). The van der Waals surface area contributed by atoms with Gasteiger partial charge in [-0.15, -0.1) is 0 Å². The van der Waals surface area contributed by atoms with E-state index in [1.54, 1.807) is 0 Å². The van der Waals surface area contributed by atoms with Gasteiger partial charge in [-0.3, -0.25) is 4.79 Å². The van der Waals surface area contributed by atoms with Crippen LogP contribution in [0.3, 0.4) is 0 Å². The van der Waals surface area contributed by atoms with E-state index in [9.17, 15) is 4.79 Å². The Morgan fingerprint density at radius 1 is 1.33 bits per heavy atom. The predicted octanol–water partition coefficient (Wildman–Crippen LogP) is 1.10. The van der Waals surface area contributed by atoms with Crippen molar-refractivity contribution in [3.8, 4) is 5.75 Å². The molecule has 1 aliphatic heterocycles. The molecule has 1 fully saturated rings. The standard InChI is InChI=1S/C15H22BrN3O2/c1-18-6-8-19(9-7-18)15(20)11-21-13-2-3-14(16)12(10-13)4-5-17/h2-3,10H,4-9,11,17H2,1H3. The summed E-state index contributed by atoms with van der Waals surface area (Å²) in [7, 11) is 2.07. The lowest BCUT2D eigenvalue weighted by atomic mass is 10.1. The largest absolute Gasteiger partial charge is 0.484 e. The molecule has 1 amide bonds. The molecule has 1 aromatic rings. The number of ether oxygens (including phenoxy) is 1. The molecule has 1 heterocycles. The first-order chi connectivity index (χ1) is 10.1. The molecular weight excluding hydrogens is 334 g/mol. The Morgan fingerprint density at radius 2 is 2.05 bits per heavy atom. The Kier molecular flexibility index (Phi) is 6.02. The van der Waals surface area contributed by atoms with Crippen molar-refractivity contribution in [1.29, 1.82) is 0 Å². The fraction of sp³-hybridized carbons (Fsp3) is 0.533. The maximum absolute atomic E-state index is 12.1.